The highest BCUT2D eigenvalue weighted by atomic mass is 32.2. The summed E-state index contributed by atoms with van der Waals surface area (Å²) >= 11 is 3.57. The fourth-order valence-electron chi connectivity index (χ4n) is 0.419. The summed E-state index contributed by atoms with van der Waals surface area (Å²) in [5.41, 5.74) is 0.0741. The molecule has 0 fully saturated rings. The summed E-state index contributed by atoms with van der Waals surface area (Å²) in [5, 5.41) is 21.8. The average molecular weight is 245 g/mol. The van der Waals surface area contributed by atoms with Gasteiger partial charge < -0.3 is 0 Å². The molecule has 0 amide bonds. The molecule has 0 unspecified atom stereocenters. The van der Waals surface area contributed by atoms with E-state index in [9.17, 15) is 4.79 Å². The van der Waals surface area contributed by atoms with Crippen LogP contribution in [0.15, 0.2) is 16.2 Å². The van der Waals surface area contributed by atoms with Crippen LogP contribution in [-0.4, -0.2) is 9.04 Å². The summed E-state index contributed by atoms with van der Waals surface area (Å²) in [6, 6.07) is 1.55. The Hall–Kier alpha value is -0.890. The van der Waals surface area contributed by atoms with Crippen LogP contribution in [0.4, 0.5) is 0 Å². The molecule has 0 aliphatic rings. The van der Waals surface area contributed by atoms with Gasteiger partial charge in [-0.15, -0.1) is 0 Å². The Kier molecular flexibility index (Phi) is 8.14. The standard InChI is InChI=1S/C4H5NOS.C3H2N2S2/c1-5-4(6)2-3-7-5;4-1-6-3-7-2-5/h2-3H,1H3;3H2. The minimum atomic E-state index is 0.0741. The molecule has 7 heteroatoms. The predicted molar refractivity (Wildman–Crippen MR) is 60.8 cm³/mol. The zero-order valence-electron chi connectivity index (χ0n) is 7.34. The Morgan fingerprint density at radius 3 is 2.29 bits per heavy atom. The molecule has 0 radical (unpaired) electrons. The number of rotatable bonds is 2. The molecule has 1 aromatic rings. The first-order valence-corrected chi connectivity index (χ1v) is 6.16. The number of thioether (sulfide) groups is 2. The van der Waals surface area contributed by atoms with E-state index < -0.39 is 0 Å². The molecule has 0 spiro atoms. The molecule has 14 heavy (non-hydrogen) atoms. The number of hydrogen-bond acceptors (Lipinski definition) is 6. The van der Waals surface area contributed by atoms with Crippen molar-refractivity contribution >= 4 is 35.1 Å². The first-order chi connectivity index (χ1) is 6.72. The van der Waals surface area contributed by atoms with E-state index in [0.717, 1.165) is 23.5 Å². The second-order valence-corrected chi connectivity index (χ2v) is 4.75. The van der Waals surface area contributed by atoms with E-state index in [1.54, 1.807) is 22.5 Å². The fraction of sp³-hybridized carbons (Fsp3) is 0.286. The van der Waals surface area contributed by atoms with Gasteiger partial charge in [0.15, 0.2) is 0 Å². The number of nitriles is 2. The Bertz CT molecular complexity index is 370. The minimum Gasteiger partial charge on any atom is -0.268 e. The normalized spacial score (nSPS) is 7.93. The molecule has 0 aliphatic heterocycles. The van der Waals surface area contributed by atoms with Crippen molar-refractivity contribution in [2.24, 2.45) is 7.05 Å². The van der Waals surface area contributed by atoms with Gasteiger partial charge in [-0.2, -0.15) is 10.5 Å². The Labute approximate surface area is 94.3 Å². The minimum absolute atomic E-state index is 0.0741. The Morgan fingerprint density at radius 1 is 1.50 bits per heavy atom. The SMILES string of the molecule is Cn1sccc1=O.N#CSCSC#N. The van der Waals surface area contributed by atoms with Crippen molar-refractivity contribution in [3.05, 3.63) is 21.8 Å². The van der Waals surface area contributed by atoms with Crippen molar-refractivity contribution in [2.45, 2.75) is 0 Å². The lowest BCUT2D eigenvalue weighted by Crippen LogP contribution is -2.05. The van der Waals surface area contributed by atoms with Gasteiger partial charge in [-0.3, -0.25) is 8.75 Å². The van der Waals surface area contributed by atoms with Crippen LogP contribution in [0.5, 0.6) is 0 Å². The maximum atomic E-state index is 10.4. The van der Waals surface area contributed by atoms with Gasteiger partial charge >= 0.3 is 0 Å². The lowest BCUT2D eigenvalue weighted by molar-refractivity contribution is 0.981. The predicted octanol–water partition coefficient (Wildman–Crippen LogP) is 1.82. The zero-order valence-corrected chi connectivity index (χ0v) is 9.79. The van der Waals surface area contributed by atoms with Crippen LogP contribution in [0.1, 0.15) is 0 Å². The molecule has 1 rings (SSSR count). The van der Waals surface area contributed by atoms with Crippen molar-refractivity contribution in [3.63, 3.8) is 0 Å². The van der Waals surface area contributed by atoms with Gasteiger partial charge in [-0.05, 0) is 23.5 Å². The van der Waals surface area contributed by atoms with Crippen LogP contribution in [0.3, 0.4) is 0 Å². The topological polar surface area (TPSA) is 69.6 Å². The van der Waals surface area contributed by atoms with Gasteiger partial charge in [0.05, 0.1) is 5.08 Å². The van der Waals surface area contributed by atoms with E-state index >= 15 is 0 Å². The molecule has 1 aromatic heterocycles. The lowest BCUT2D eigenvalue weighted by atomic mass is 10.7. The fourth-order valence-corrected chi connectivity index (χ4v) is 1.60. The summed E-state index contributed by atoms with van der Waals surface area (Å²) in [7, 11) is 1.74. The zero-order chi connectivity index (χ0) is 10.8. The Balaban J connectivity index is 0.000000241. The molecule has 0 bridgehead atoms. The molecule has 0 N–H and O–H groups in total. The van der Waals surface area contributed by atoms with Crippen LogP contribution < -0.4 is 5.56 Å². The van der Waals surface area contributed by atoms with Gasteiger partial charge in [-0.25, -0.2) is 0 Å². The van der Waals surface area contributed by atoms with Crippen LogP contribution in [0.2, 0.25) is 0 Å². The summed E-state index contributed by atoms with van der Waals surface area (Å²) in [4.78, 5) is 10.4. The molecule has 1 heterocycles. The van der Waals surface area contributed by atoms with Gasteiger partial charge in [0, 0.05) is 18.5 Å². The van der Waals surface area contributed by atoms with Gasteiger partial charge in [-0.1, -0.05) is 11.5 Å². The lowest BCUT2D eigenvalue weighted by Gasteiger charge is -1.76. The summed E-state index contributed by atoms with van der Waals surface area (Å²) in [6.07, 6.45) is 0. The third-order valence-electron chi connectivity index (χ3n) is 0.987. The number of hydrogen-bond donors (Lipinski definition) is 0. The molecule has 0 aromatic carbocycles. The van der Waals surface area contributed by atoms with E-state index in [2.05, 4.69) is 0 Å². The van der Waals surface area contributed by atoms with Crippen molar-refractivity contribution in [1.82, 2.24) is 3.96 Å². The van der Waals surface area contributed by atoms with E-state index in [4.69, 9.17) is 10.5 Å². The molecule has 0 saturated carbocycles. The highest BCUT2D eigenvalue weighted by molar-refractivity contribution is 8.20. The van der Waals surface area contributed by atoms with E-state index in [-0.39, 0.29) is 5.56 Å². The number of aromatic nitrogens is 1. The van der Waals surface area contributed by atoms with E-state index in [1.807, 2.05) is 10.8 Å². The highest BCUT2D eigenvalue weighted by Gasteiger charge is 1.83. The van der Waals surface area contributed by atoms with Gasteiger partial charge in [0.2, 0.25) is 0 Å². The molecular weight excluding hydrogens is 238 g/mol. The van der Waals surface area contributed by atoms with Crippen molar-refractivity contribution in [1.29, 1.82) is 10.5 Å². The van der Waals surface area contributed by atoms with Gasteiger partial charge in [0.1, 0.15) is 10.8 Å². The number of nitrogens with zero attached hydrogens (tertiary/aromatic N) is 3. The first-order valence-electron chi connectivity index (χ1n) is 3.35. The van der Waals surface area contributed by atoms with Gasteiger partial charge in [0.25, 0.3) is 5.56 Å². The van der Waals surface area contributed by atoms with E-state index in [0.29, 0.717) is 5.08 Å². The van der Waals surface area contributed by atoms with Crippen LogP contribution >= 0.6 is 35.1 Å². The Morgan fingerprint density at radius 2 is 2.07 bits per heavy atom. The highest BCUT2D eigenvalue weighted by Crippen LogP contribution is 2.06. The maximum Gasteiger partial charge on any atom is 0.260 e. The molecule has 0 saturated heterocycles. The smallest absolute Gasteiger partial charge is 0.260 e. The molecule has 0 atom stereocenters. The van der Waals surface area contributed by atoms with Crippen LogP contribution in [-0.2, 0) is 7.05 Å². The molecule has 0 aliphatic carbocycles. The van der Waals surface area contributed by atoms with Crippen molar-refractivity contribution in [2.75, 3.05) is 5.08 Å². The largest absolute Gasteiger partial charge is 0.268 e. The third kappa shape index (κ3) is 6.61. The van der Waals surface area contributed by atoms with E-state index in [1.165, 1.54) is 11.5 Å². The van der Waals surface area contributed by atoms with Crippen LogP contribution in [0.25, 0.3) is 0 Å². The van der Waals surface area contributed by atoms with Crippen LogP contribution in [0, 0.1) is 21.3 Å². The number of thiocyanates is 2. The van der Waals surface area contributed by atoms with Crippen molar-refractivity contribution < 1.29 is 0 Å². The monoisotopic (exact) mass is 245 g/mol. The number of aryl methyl sites for hydroxylation is 1. The molecule has 4 nitrogen and oxygen atoms in total. The third-order valence-corrected chi connectivity index (χ3v) is 2.94. The first kappa shape index (κ1) is 13.1. The average Bonchev–Trinajstić information content (AvgIpc) is 2.53. The summed E-state index contributed by atoms with van der Waals surface area (Å²) < 4.78 is 1.57. The summed E-state index contributed by atoms with van der Waals surface area (Å²) in [6.45, 7) is 0. The second-order valence-electron chi connectivity index (χ2n) is 1.83. The molecular formula is C7H7N3OS3. The molecule has 74 valence electrons. The van der Waals surface area contributed by atoms with Crippen molar-refractivity contribution in [3.8, 4) is 10.8 Å². The maximum absolute atomic E-state index is 10.4. The quantitative estimate of drug-likeness (QED) is 0.451. The second kappa shape index (κ2) is 8.70. The summed E-state index contributed by atoms with van der Waals surface area (Å²) in [5.74, 6) is 0.